The zero-order valence-corrected chi connectivity index (χ0v) is 13.5. The number of nitrogens with two attached hydrogens (primary N) is 1. The highest BCUT2D eigenvalue weighted by Crippen LogP contribution is 2.28. The Morgan fingerprint density at radius 3 is 2.65 bits per heavy atom. The smallest absolute Gasteiger partial charge is 0.241 e. The summed E-state index contributed by atoms with van der Waals surface area (Å²) in [5.41, 5.74) is 5.91. The molecule has 0 atom stereocenters. The molecule has 126 valence electrons. The first-order valence-electron chi connectivity index (χ1n) is 7.76. The van der Waals surface area contributed by atoms with Crippen molar-refractivity contribution in [2.75, 3.05) is 51.3 Å². The third kappa shape index (κ3) is 4.94. The summed E-state index contributed by atoms with van der Waals surface area (Å²) in [6.45, 7) is 3.99. The van der Waals surface area contributed by atoms with E-state index in [9.17, 15) is 9.59 Å². The molecule has 0 bridgehead atoms. The molecule has 3 N–H and O–H groups in total. The van der Waals surface area contributed by atoms with Crippen molar-refractivity contribution in [1.82, 2.24) is 10.2 Å². The molecule has 1 aromatic rings. The van der Waals surface area contributed by atoms with Gasteiger partial charge in [0.1, 0.15) is 5.75 Å². The molecule has 7 heteroatoms. The molecule has 1 saturated heterocycles. The van der Waals surface area contributed by atoms with E-state index in [1.807, 2.05) is 18.2 Å². The molecule has 0 aliphatic carbocycles. The first kappa shape index (κ1) is 17.2. The van der Waals surface area contributed by atoms with Crippen molar-refractivity contribution in [3.63, 3.8) is 0 Å². The van der Waals surface area contributed by atoms with Crippen molar-refractivity contribution in [1.29, 1.82) is 0 Å². The molecule has 0 radical (unpaired) electrons. The number of primary amides is 1. The number of carbonyl (C=O) groups excluding carboxylic acids is 2. The summed E-state index contributed by atoms with van der Waals surface area (Å²) < 4.78 is 5.34. The quantitative estimate of drug-likeness (QED) is 0.727. The number of methoxy groups -OCH3 is 1. The minimum Gasteiger partial charge on any atom is -0.495 e. The Morgan fingerprint density at radius 1 is 1.30 bits per heavy atom. The number of benzene rings is 1. The molecule has 1 heterocycles. The molecule has 2 amide bonds. The van der Waals surface area contributed by atoms with Crippen LogP contribution in [0.4, 0.5) is 5.69 Å². The zero-order chi connectivity index (χ0) is 16.7. The number of carbonyl (C=O) groups is 2. The summed E-state index contributed by atoms with van der Waals surface area (Å²) in [4.78, 5) is 27.6. The van der Waals surface area contributed by atoms with Gasteiger partial charge in [-0.3, -0.25) is 14.5 Å². The van der Waals surface area contributed by atoms with Crippen molar-refractivity contribution in [3.05, 3.63) is 24.3 Å². The van der Waals surface area contributed by atoms with Gasteiger partial charge in [0, 0.05) is 39.1 Å². The lowest BCUT2D eigenvalue weighted by Gasteiger charge is -2.30. The van der Waals surface area contributed by atoms with Gasteiger partial charge in [0.2, 0.25) is 11.8 Å². The van der Waals surface area contributed by atoms with Crippen molar-refractivity contribution < 1.29 is 14.3 Å². The van der Waals surface area contributed by atoms with E-state index in [0.717, 1.165) is 26.2 Å². The number of nitrogens with one attached hydrogen (secondary N) is 1. The molecule has 2 rings (SSSR count). The van der Waals surface area contributed by atoms with Crippen LogP contribution in [-0.2, 0) is 9.59 Å². The second-order valence-electron chi connectivity index (χ2n) is 5.46. The zero-order valence-electron chi connectivity index (χ0n) is 13.5. The molecule has 1 aromatic carbocycles. The van der Waals surface area contributed by atoms with Gasteiger partial charge < -0.3 is 20.7 Å². The Balaban J connectivity index is 2.15. The van der Waals surface area contributed by atoms with Crippen LogP contribution < -0.4 is 20.7 Å². The van der Waals surface area contributed by atoms with E-state index in [4.69, 9.17) is 10.5 Å². The second-order valence-corrected chi connectivity index (χ2v) is 5.46. The van der Waals surface area contributed by atoms with Crippen LogP contribution in [0.1, 0.15) is 6.42 Å². The first-order valence-corrected chi connectivity index (χ1v) is 7.76. The molecule has 0 aromatic heterocycles. The summed E-state index contributed by atoms with van der Waals surface area (Å²) in [6.07, 6.45) is 0.116. The Hall–Kier alpha value is -2.12. The molecule has 23 heavy (non-hydrogen) atoms. The minimum atomic E-state index is -0.431. The highest BCUT2D eigenvalue weighted by molar-refractivity contribution is 5.96. The van der Waals surface area contributed by atoms with Gasteiger partial charge in [0.05, 0.1) is 19.3 Å². The van der Waals surface area contributed by atoms with Crippen LogP contribution in [0.5, 0.6) is 5.75 Å². The Bertz CT molecular complexity index is 544. The number of amides is 2. The number of anilines is 1. The molecular weight excluding hydrogens is 296 g/mol. The Kier molecular flexibility index (Phi) is 6.37. The van der Waals surface area contributed by atoms with E-state index >= 15 is 0 Å². The van der Waals surface area contributed by atoms with Gasteiger partial charge in [-0.2, -0.15) is 0 Å². The molecular formula is C16H24N4O3. The highest BCUT2D eigenvalue weighted by atomic mass is 16.5. The van der Waals surface area contributed by atoms with E-state index in [2.05, 4.69) is 10.2 Å². The Morgan fingerprint density at radius 2 is 2.00 bits per heavy atom. The predicted molar refractivity (Wildman–Crippen MR) is 88.5 cm³/mol. The van der Waals surface area contributed by atoms with Crippen molar-refractivity contribution in [2.24, 2.45) is 5.73 Å². The molecule has 1 aliphatic rings. The lowest BCUT2D eigenvalue weighted by Crippen LogP contribution is -2.49. The minimum absolute atomic E-state index is 0.0577. The van der Waals surface area contributed by atoms with Gasteiger partial charge in [-0.15, -0.1) is 0 Å². The molecule has 7 nitrogen and oxygen atoms in total. The fraction of sp³-hybridized carbons (Fsp3) is 0.500. The predicted octanol–water partition coefficient (Wildman–Crippen LogP) is -0.191. The van der Waals surface area contributed by atoms with Gasteiger partial charge in [0.25, 0.3) is 0 Å². The topological polar surface area (TPSA) is 87.9 Å². The van der Waals surface area contributed by atoms with Crippen LogP contribution in [0.3, 0.4) is 0 Å². The molecule has 0 spiro atoms. The third-order valence-electron chi connectivity index (χ3n) is 3.83. The van der Waals surface area contributed by atoms with Crippen LogP contribution in [0.2, 0.25) is 0 Å². The van der Waals surface area contributed by atoms with Gasteiger partial charge >= 0.3 is 0 Å². The van der Waals surface area contributed by atoms with Gasteiger partial charge in [0.15, 0.2) is 0 Å². The monoisotopic (exact) mass is 320 g/mol. The molecule has 1 aliphatic heterocycles. The third-order valence-corrected chi connectivity index (χ3v) is 3.83. The standard InChI is InChI=1S/C16H24N4O3/c1-23-14-5-3-2-4-13(14)20(9-6-15(17)21)16(22)12-19-10-7-18-8-11-19/h2-5,18H,6-12H2,1H3,(H2,17,21). The molecule has 0 saturated carbocycles. The fourth-order valence-electron chi connectivity index (χ4n) is 2.60. The average molecular weight is 320 g/mol. The lowest BCUT2D eigenvalue weighted by molar-refractivity contribution is -0.120. The number of piperazine rings is 1. The van der Waals surface area contributed by atoms with Gasteiger partial charge in [-0.1, -0.05) is 12.1 Å². The SMILES string of the molecule is COc1ccccc1N(CCC(N)=O)C(=O)CN1CCNCC1. The number of rotatable bonds is 7. The maximum absolute atomic E-state index is 12.7. The van der Waals surface area contributed by atoms with E-state index in [1.54, 1.807) is 18.1 Å². The van der Waals surface area contributed by atoms with E-state index in [-0.39, 0.29) is 18.9 Å². The molecule has 1 fully saturated rings. The first-order chi connectivity index (χ1) is 11.1. The summed E-state index contributed by atoms with van der Waals surface area (Å²) in [6, 6.07) is 7.29. The largest absolute Gasteiger partial charge is 0.495 e. The van der Waals surface area contributed by atoms with Crippen molar-refractivity contribution in [2.45, 2.75) is 6.42 Å². The Labute approximate surface area is 136 Å². The summed E-state index contributed by atoms with van der Waals surface area (Å²) in [5.74, 6) is 0.114. The maximum atomic E-state index is 12.7. The second kappa shape index (κ2) is 8.50. The number of ether oxygens (including phenoxy) is 1. The van der Waals surface area contributed by atoms with E-state index in [1.165, 1.54) is 0 Å². The summed E-state index contributed by atoms with van der Waals surface area (Å²) in [5, 5.41) is 3.26. The maximum Gasteiger partial charge on any atom is 0.241 e. The normalized spacial score (nSPS) is 15.2. The van der Waals surface area contributed by atoms with Crippen LogP contribution >= 0.6 is 0 Å². The number of nitrogens with zero attached hydrogens (tertiary/aromatic N) is 2. The van der Waals surface area contributed by atoms with Gasteiger partial charge in [-0.05, 0) is 12.1 Å². The summed E-state index contributed by atoms with van der Waals surface area (Å²) >= 11 is 0. The van der Waals surface area contributed by atoms with Crippen LogP contribution in [0, 0.1) is 0 Å². The number of hydrogen-bond acceptors (Lipinski definition) is 5. The fourth-order valence-corrected chi connectivity index (χ4v) is 2.60. The van der Waals surface area contributed by atoms with E-state index in [0.29, 0.717) is 18.0 Å². The average Bonchev–Trinajstić information content (AvgIpc) is 2.56. The van der Waals surface area contributed by atoms with Crippen molar-refractivity contribution >= 4 is 17.5 Å². The highest BCUT2D eigenvalue weighted by Gasteiger charge is 2.22. The van der Waals surface area contributed by atoms with Crippen LogP contribution in [-0.4, -0.2) is 63.1 Å². The van der Waals surface area contributed by atoms with Crippen molar-refractivity contribution in [3.8, 4) is 5.75 Å². The van der Waals surface area contributed by atoms with Crippen LogP contribution in [0.15, 0.2) is 24.3 Å². The lowest BCUT2D eigenvalue weighted by atomic mass is 10.2. The van der Waals surface area contributed by atoms with Crippen LogP contribution in [0.25, 0.3) is 0 Å². The van der Waals surface area contributed by atoms with Gasteiger partial charge in [-0.25, -0.2) is 0 Å². The summed E-state index contributed by atoms with van der Waals surface area (Å²) in [7, 11) is 1.56. The number of para-hydroxylation sites is 2. The van der Waals surface area contributed by atoms with E-state index < -0.39 is 5.91 Å². The number of hydrogen-bond donors (Lipinski definition) is 2. The molecule has 0 unspecified atom stereocenters.